The Hall–Kier alpha value is -1.89. The largest absolute Gasteiger partial charge is 0.509 e. The Morgan fingerprint density at radius 3 is 1.86 bits per heavy atom. The predicted molar refractivity (Wildman–Crippen MR) is 108 cm³/mol. The zero-order valence-corrected chi connectivity index (χ0v) is 17.7. The first-order valence-electron chi connectivity index (χ1n) is 8.98. The van der Waals surface area contributed by atoms with Gasteiger partial charge in [0.05, 0.1) is 26.4 Å². The third-order valence-corrected chi connectivity index (χ3v) is 5.10. The number of carbonyl (C=O) groups excluding carboxylic acids is 1. The van der Waals surface area contributed by atoms with Crippen LogP contribution in [-0.4, -0.2) is 25.4 Å². The molecule has 2 aromatic carbocycles. The third kappa shape index (κ3) is 9.43. The van der Waals surface area contributed by atoms with Gasteiger partial charge < -0.3 is 9.47 Å². The molecule has 0 aliphatic heterocycles. The van der Waals surface area contributed by atoms with Crippen LogP contribution in [0.25, 0.3) is 0 Å². The zero-order chi connectivity index (χ0) is 21.0. The molecule has 0 saturated carbocycles. The van der Waals surface area contributed by atoms with Crippen molar-refractivity contribution in [1.29, 1.82) is 0 Å². The average Bonchev–Trinajstić information content (AvgIpc) is 2.75. The lowest BCUT2D eigenvalue weighted by molar-refractivity contribution is 0.0427. The highest BCUT2D eigenvalue weighted by Gasteiger charge is 2.28. The highest BCUT2D eigenvalue weighted by atomic mass is 35.5. The summed E-state index contributed by atoms with van der Waals surface area (Å²) in [5.74, 6) is -0.271. The second-order valence-electron chi connectivity index (χ2n) is 6.18. The number of phosphoric acid groups is 1. The Morgan fingerprint density at radius 1 is 0.862 bits per heavy atom. The van der Waals surface area contributed by atoms with Crippen molar-refractivity contribution >= 4 is 25.6 Å². The van der Waals surface area contributed by atoms with Crippen LogP contribution in [0.15, 0.2) is 60.7 Å². The highest BCUT2D eigenvalue weighted by molar-refractivity contribution is 7.48. The molecule has 29 heavy (non-hydrogen) atoms. The van der Waals surface area contributed by atoms with Gasteiger partial charge in [0.2, 0.25) is 0 Å². The molecule has 0 bridgehead atoms. The summed E-state index contributed by atoms with van der Waals surface area (Å²) in [6, 6.07) is 18.3. The van der Waals surface area contributed by atoms with Crippen molar-refractivity contribution in [1.82, 2.24) is 0 Å². The van der Waals surface area contributed by atoms with Gasteiger partial charge in [0.25, 0.3) is 0 Å². The molecule has 0 heterocycles. The van der Waals surface area contributed by atoms with Crippen LogP contribution in [0.5, 0.6) is 0 Å². The van der Waals surface area contributed by atoms with Crippen LogP contribution in [0.3, 0.4) is 0 Å². The van der Waals surface area contributed by atoms with Crippen molar-refractivity contribution in [2.75, 3.05) is 19.3 Å². The van der Waals surface area contributed by atoms with Crippen molar-refractivity contribution in [2.24, 2.45) is 5.92 Å². The normalized spacial score (nSPS) is 12.3. The molecule has 0 aliphatic carbocycles. The Morgan fingerprint density at radius 2 is 1.38 bits per heavy atom. The van der Waals surface area contributed by atoms with Gasteiger partial charge in [-0.1, -0.05) is 79.2 Å². The lowest BCUT2D eigenvalue weighted by Crippen LogP contribution is -2.17. The molecule has 7 nitrogen and oxygen atoms in total. The van der Waals surface area contributed by atoms with E-state index in [1.807, 2.05) is 60.7 Å². The van der Waals surface area contributed by atoms with Crippen LogP contribution in [0.1, 0.15) is 18.1 Å². The van der Waals surface area contributed by atoms with Gasteiger partial charge in [0.1, 0.15) is 0 Å². The number of hydrogen-bond acceptors (Lipinski definition) is 7. The first-order valence-corrected chi connectivity index (χ1v) is 11.0. The summed E-state index contributed by atoms with van der Waals surface area (Å²) in [5, 5.41) is 0. The third-order valence-electron chi connectivity index (χ3n) is 3.64. The van der Waals surface area contributed by atoms with Gasteiger partial charge in [-0.25, -0.2) is 9.36 Å². The molecule has 0 spiro atoms. The fraction of sp³-hybridized carbons (Fsp3) is 0.350. The minimum atomic E-state index is -3.86. The molecule has 0 radical (unpaired) electrons. The van der Waals surface area contributed by atoms with Crippen molar-refractivity contribution < 1.29 is 32.4 Å². The van der Waals surface area contributed by atoms with Crippen LogP contribution in [0.4, 0.5) is 4.79 Å². The topological polar surface area (TPSA) is 80.3 Å². The van der Waals surface area contributed by atoms with Gasteiger partial charge in [-0.15, -0.1) is 0 Å². The summed E-state index contributed by atoms with van der Waals surface area (Å²) in [4.78, 5) is 11.2. The maximum atomic E-state index is 13.1. The number of alkyl halides is 1. The van der Waals surface area contributed by atoms with Gasteiger partial charge in [-0.3, -0.25) is 13.6 Å². The fourth-order valence-corrected chi connectivity index (χ4v) is 3.49. The van der Waals surface area contributed by atoms with E-state index in [4.69, 9.17) is 29.9 Å². The van der Waals surface area contributed by atoms with E-state index in [1.54, 1.807) is 6.92 Å². The van der Waals surface area contributed by atoms with Crippen molar-refractivity contribution in [2.45, 2.75) is 20.1 Å². The highest BCUT2D eigenvalue weighted by Crippen LogP contribution is 2.51. The minimum Gasteiger partial charge on any atom is -0.434 e. The SMILES string of the molecule is C[C@@H](COC(=O)OCCl)COP(=O)(OCc1ccccc1)OCc1ccccc1. The second-order valence-corrected chi connectivity index (χ2v) is 8.07. The Labute approximate surface area is 175 Å². The summed E-state index contributed by atoms with van der Waals surface area (Å²) in [6.07, 6.45) is -0.879. The molecular formula is C20H24ClO7P. The Balaban J connectivity index is 1.91. The maximum absolute atomic E-state index is 13.1. The Kier molecular flexibility index (Phi) is 10.2. The van der Waals surface area contributed by atoms with Crippen molar-refractivity contribution in [3.05, 3.63) is 71.8 Å². The molecule has 0 amide bonds. The van der Waals surface area contributed by atoms with Crippen LogP contribution in [0.2, 0.25) is 0 Å². The smallest absolute Gasteiger partial charge is 0.434 e. The van der Waals surface area contributed by atoms with E-state index in [2.05, 4.69) is 4.74 Å². The molecule has 0 aliphatic rings. The van der Waals surface area contributed by atoms with Gasteiger partial charge in [-0.2, -0.15) is 0 Å². The van der Waals surface area contributed by atoms with Crippen molar-refractivity contribution in [3.63, 3.8) is 0 Å². The number of rotatable bonds is 12. The number of phosphoric ester groups is 1. The molecule has 2 aromatic rings. The molecule has 1 atom stereocenters. The first kappa shape index (κ1) is 23.4. The van der Waals surface area contributed by atoms with Gasteiger partial charge in [0, 0.05) is 5.92 Å². The molecule has 0 aromatic heterocycles. The molecule has 158 valence electrons. The van der Waals surface area contributed by atoms with Crippen molar-refractivity contribution in [3.8, 4) is 0 Å². The molecule has 2 rings (SSSR count). The molecule has 9 heteroatoms. The summed E-state index contributed by atoms with van der Waals surface area (Å²) in [7, 11) is -3.86. The number of carbonyl (C=O) groups is 1. The standard InChI is InChI=1S/C20H24ClO7P/c1-17(12-24-20(22)25-16-21)13-26-29(23,27-14-18-8-4-2-5-9-18)28-15-19-10-6-3-7-11-19/h2-11,17H,12-16H2,1H3/t17-/m0/s1. The number of ether oxygens (including phenoxy) is 2. The maximum Gasteiger partial charge on any atom is 0.509 e. The summed E-state index contributed by atoms with van der Waals surface area (Å²) in [6.45, 7) is 1.90. The van der Waals surface area contributed by atoms with E-state index < -0.39 is 14.0 Å². The molecule has 0 fully saturated rings. The van der Waals surface area contributed by atoms with Crippen LogP contribution in [-0.2, 0) is 40.8 Å². The molecule has 0 unspecified atom stereocenters. The average molecular weight is 443 g/mol. The monoisotopic (exact) mass is 442 g/mol. The molecule has 0 saturated heterocycles. The van der Waals surface area contributed by atoms with E-state index in [1.165, 1.54) is 0 Å². The van der Waals surface area contributed by atoms with Crippen LogP contribution >= 0.6 is 19.4 Å². The van der Waals surface area contributed by atoms with E-state index in [9.17, 15) is 9.36 Å². The quantitative estimate of drug-likeness (QED) is 0.243. The van der Waals surface area contributed by atoms with E-state index in [0.717, 1.165) is 11.1 Å². The fourth-order valence-electron chi connectivity index (χ4n) is 2.13. The van der Waals surface area contributed by atoms with Gasteiger partial charge in [-0.05, 0) is 11.1 Å². The van der Waals surface area contributed by atoms with Gasteiger partial charge >= 0.3 is 14.0 Å². The molecule has 0 N–H and O–H groups in total. The predicted octanol–water partition coefficient (Wildman–Crippen LogP) is 5.53. The van der Waals surface area contributed by atoms with E-state index in [0.29, 0.717) is 0 Å². The molecular weight excluding hydrogens is 419 g/mol. The van der Waals surface area contributed by atoms with E-state index in [-0.39, 0.29) is 38.4 Å². The summed E-state index contributed by atoms with van der Waals surface area (Å²) < 4.78 is 38.9. The first-order chi connectivity index (χ1) is 14.0. The number of hydrogen-bond donors (Lipinski definition) is 0. The number of benzene rings is 2. The van der Waals surface area contributed by atoms with E-state index >= 15 is 0 Å². The summed E-state index contributed by atoms with van der Waals surface area (Å²) >= 11 is 5.29. The lowest BCUT2D eigenvalue weighted by Gasteiger charge is -2.20. The van der Waals surface area contributed by atoms with Crippen LogP contribution in [0, 0.1) is 5.92 Å². The zero-order valence-electron chi connectivity index (χ0n) is 16.1. The van der Waals surface area contributed by atoms with Crippen LogP contribution < -0.4 is 0 Å². The van der Waals surface area contributed by atoms with Gasteiger partial charge in [0.15, 0.2) is 6.07 Å². The minimum absolute atomic E-state index is 0.00495. The second kappa shape index (κ2) is 12.6. The Bertz CT molecular complexity index is 725. The number of halogens is 1. The summed E-state index contributed by atoms with van der Waals surface area (Å²) in [5.41, 5.74) is 1.67. The lowest BCUT2D eigenvalue weighted by atomic mass is 10.2.